The fourth-order valence-electron chi connectivity index (χ4n) is 1.45. The van der Waals surface area contributed by atoms with E-state index >= 15 is 0 Å². The maximum atomic E-state index is 8.84. The number of aromatic nitrogens is 1. The Morgan fingerprint density at radius 2 is 2.31 bits per heavy atom. The van der Waals surface area contributed by atoms with E-state index in [0.29, 0.717) is 11.5 Å². The smallest absolute Gasteiger partial charge is 0.127 e. The number of nitrogens with one attached hydrogen (secondary N) is 1. The van der Waals surface area contributed by atoms with Crippen molar-refractivity contribution in [2.24, 2.45) is 5.92 Å². The van der Waals surface area contributed by atoms with Crippen LogP contribution in [-0.2, 0) is 0 Å². The van der Waals surface area contributed by atoms with Crippen LogP contribution in [0.3, 0.4) is 0 Å². The summed E-state index contributed by atoms with van der Waals surface area (Å²) in [6, 6.07) is 5.72. The maximum Gasteiger partial charge on any atom is 0.127 e. The molecule has 0 aliphatic heterocycles. The third-order valence-electron chi connectivity index (χ3n) is 2.17. The Bertz CT molecular complexity index is 384. The lowest BCUT2D eigenvalue weighted by Crippen LogP contribution is -2.14. The van der Waals surface area contributed by atoms with E-state index < -0.39 is 0 Å². The summed E-state index contributed by atoms with van der Waals surface area (Å²) >= 11 is 1.84. The lowest BCUT2D eigenvalue weighted by atomic mass is 10.2. The molecule has 0 aromatic carbocycles. The van der Waals surface area contributed by atoms with E-state index in [9.17, 15) is 0 Å². The van der Waals surface area contributed by atoms with Crippen LogP contribution in [0, 0.1) is 24.2 Å². The number of aryl methyl sites for hydroxylation is 1. The fourth-order valence-corrected chi connectivity index (χ4v) is 2.13. The highest BCUT2D eigenvalue weighted by Gasteiger charge is 2.03. The van der Waals surface area contributed by atoms with Crippen LogP contribution >= 0.6 is 11.8 Å². The summed E-state index contributed by atoms with van der Waals surface area (Å²) in [6.45, 7) is 4.99. The molecule has 1 N–H and O–H groups in total. The molecule has 0 aliphatic carbocycles. The highest BCUT2D eigenvalue weighted by atomic mass is 32.2. The number of thioether (sulfide) groups is 1. The Labute approximate surface area is 101 Å². The van der Waals surface area contributed by atoms with Gasteiger partial charge in [-0.2, -0.15) is 17.0 Å². The first-order valence-corrected chi connectivity index (χ1v) is 6.66. The number of rotatable bonds is 5. The third kappa shape index (κ3) is 4.11. The molecule has 1 aromatic heterocycles. The number of hydrogen-bond donors (Lipinski definition) is 1. The number of hydrogen-bond acceptors (Lipinski definition) is 4. The summed E-state index contributed by atoms with van der Waals surface area (Å²) in [7, 11) is 0. The van der Waals surface area contributed by atoms with E-state index in [0.717, 1.165) is 23.8 Å². The second-order valence-corrected chi connectivity index (χ2v) is 4.85. The predicted molar refractivity (Wildman–Crippen MR) is 69.7 cm³/mol. The van der Waals surface area contributed by atoms with Crippen molar-refractivity contribution >= 4 is 17.6 Å². The molecule has 0 bridgehead atoms. The van der Waals surface area contributed by atoms with Crippen LogP contribution in [0.5, 0.6) is 0 Å². The minimum atomic E-state index is 0.600. The molecule has 86 valence electrons. The summed E-state index contributed by atoms with van der Waals surface area (Å²) in [6.07, 6.45) is 2.11. The zero-order valence-corrected chi connectivity index (χ0v) is 10.8. The second kappa shape index (κ2) is 6.39. The lowest BCUT2D eigenvalue weighted by molar-refractivity contribution is 0.699. The van der Waals surface area contributed by atoms with Gasteiger partial charge in [-0.1, -0.05) is 6.92 Å². The summed E-state index contributed by atoms with van der Waals surface area (Å²) in [5, 5.41) is 12.1. The number of anilines is 1. The molecule has 0 aliphatic rings. The average Bonchev–Trinajstić information content (AvgIpc) is 2.26. The van der Waals surface area contributed by atoms with Crippen molar-refractivity contribution in [3.05, 3.63) is 23.4 Å². The Morgan fingerprint density at radius 1 is 1.56 bits per heavy atom. The first-order valence-electron chi connectivity index (χ1n) is 5.27. The topological polar surface area (TPSA) is 48.7 Å². The summed E-state index contributed by atoms with van der Waals surface area (Å²) in [5.41, 5.74) is 1.53. The second-order valence-electron chi connectivity index (χ2n) is 3.94. The van der Waals surface area contributed by atoms with Gasteiger partial charge in [0, 0.05) is 12.2 Å². The first-order chi connectivity index (χ1) is 7.65. The van der Waals surface area contributed by atoms with Gasteiger partial charge in [0.15, 0.2) is 0 Å². The van der Waals surface area contributed by atoms with Crippen LogP contribution in [-0.4, -0.2) is 23.5 Å². The van der Waals surface area contributed by atoms with Crippen LogP contribution in [0.15, 0.2) is 12.1 Å². The van der Waals surface area contributed by atoms with Crippen molar-refractivity contribution in [3.63, 3.8) is 0 Å². The standard InChI is InChI=1S/C12H17N3S/c1-9(8-16-3)7-14-12-5-11(6-13)4-10(2)15-12/h4-5,9H,7-8H2,1-3H3,(H,14,15). The Morgan fingerprint density at radius 3 is 2.94 bits per heavy atom. The molecule has 1 rings (SSSR count). The van der Waals surface area contributed by atoms with Gasteiger partial charge in [0.05, 0.1) is 11.6 Å². The van der Waals surface area contributed by atoms with Gasteiger partial charge in [0.25, 0.3) is 0 Å². The molecular formula is C12H17N3S. The molecule has 3 nitrogen and oxygen atoms in total. The molecule has 0 saturated heterocycles. The molecule has 0 amide bonds. The van der Waals surface area contributed by atoms with Gasteiger partial charge in [-0.25, -0.2) is 4.98 Å². The normalized spacial score (nSPS) is 11.9. The van der Waals surface area contributed by atoms with E-state index in [1.54, 1.807) is 12.1 Å². The zero-order valence-electron chi connectivity index (χ0n) is 9.95. The SMILES string of the molecule is CSCC(C)CNc1cc(C#N)cc(C)n1. The molecule has 0 spiro atoms. The Balaban J connectivity index is 2.60. The minimum Gasteiger partial charge on any atom is -0.370 e. The van der Waals surface area contributed by atoms with Crippen molar-refractivity contribution in [2.45, 2.75) is 13.8 Å². The minimum absolute atomic E-state index is 0.600. The summed E-state index contributed by atoms with van der Waals surface area (Å²) in [4.78, 5) is 4.34. The van der Waals surface area contributed by atoms with E-state index in [1.165, 1.54) is 0 Å². The number of pyridine rings is 1. The molecular weight excluding hydrogens is 218 g/mol. The average molecular weight is 235 g/mol. The maximum absolute atomic E-state index is 8.84. The zero-order chi connectivity index (χ0) is 12.0. The van der Waals surface area contributed by atoms with Gasteiger partial charge in [-0.3, -0.25) is 0 Å². The lowest BCUT2D eigenvalue weighted by Gasteiger charge is -2.12. The number of nitrogens with zero attached hydrogens (tertiary/aromatic N) is 2. The molecule has 1 aromatic rings. The fraction of sp³-hybridized carbons (Fsp3) is 0.500. The molecule has 0 saturated carbocycles. The molecule has 16 heavy (non-hydrogen) atoms. The van der Waals surface area contributed by atoms with Crippen molar-refractivity contribution < 1.29 is 0 Å². The molecule has 0 fully saturated rings. The van der Waals surface area contributed by atoms with Crippen molar-refractivity contribution in [1.29, 1.82) is 5.26 Å². The summed E-state index contributed by atoms with van der Waals surface area (Å²) in [5.74, 6) is 2.52. The van der Waals surface area contributed by atoms with Crippen LogP contribution in [0.25, 0.3) is 0 Å². The third-order valence-corrected chi connectivity index (χ3v) is 3.07. The first kappa shape index (κ1) is 12.9. The van der Waals surface area contributed by atoms with Gasteiger partial charge in [-0.15, -0.1) is 0 Å². The van der Waals surface area contributed by atoms with Crippen LogP contribution in [0.4, 0.5) is 5.82 Å². The van der Waals surface area contributed by atoms with Crippen molar-refractivity contribution in [2.75, 3.05) is 23.9 Å². The van der Waals surface area contributed by atoms with Crippen molar-refractivity contribution in [3.8, 4) is 6.07 Å². The van der Waals surface area contributed by atoms with E-state index in [4.69, 9.17) is 5.26 Å². The van der Waals surface area contributed by atoms with Gasteiger partial charge < -0.3 is 5.32 Å². The van der Waals surface area contributed by atoms with Crippen LogP contribution in [0.1, 0.15) is 18.2 Å². The van der Waals surface area contributed by atoms with E-state index in [2.05, 4.69) is 29.5 Å². The highest BCUT2D eigenvalue weighted by molar-refractivity contribution is 7.98. The molecule has 0 radical (unpaired) electrons. The molecule has 1 unspecified atom stereocenters. The van der Waals surface area contributed by atoms with E-state index in [1.807, 2.05) is 18.7 Å². The molecule has 1 heterocycles. The Kier molecular flexibility index (Phi) is 5.13. The predicted octanol–water partition coefficient (Wildman–Crippen LogP) is 2.67. The Hall–Kier alpha value is -1.21. The van der Waals surface area contributed by atoms with Crippen LogP contribution < -0.4 is 5.32 Å². The van der Waals surface area contributed by atoms with Gasteiger partial charge in [0.1, 0.15) is 5.82 Å². The van der Waals surface area contributed by atoms with Crippen molar-refractivity contribution in [1.82, 2.24) is 4.98 Å². The monoisotopic (exact) mass is 235 g/mol. The summed E-state index contributed by atoms with van der Waals surface area (Å²) < 4.78 is 0. The van der Waals surface area contributed by atoms with E-state index in [-0.39, 0.29) is 0 Å². The van der Waals surface area contributed by atoms with Crippen LogP contribution in [0.2, 0.25) is 0 Å². The highest BCUT2D eigenvalue weighted by Crippen LogP contribution is 2.11. The number of nitriles is 1. The largest absolute Gasteiger partial charge is 0.370 e. The quantitative estimate of drug-likeness (QED) is 0.852. The van der Waals surface area contributed by atoms with Gasteiger partial charge >= 0.3 is 0 Å². The molecule has 4 heteroatoms. The molecule has 1 atom stereocenters. The van der Waals surface area contributed by atoms with Gasteiger partial charge in [0.2, 0.25) is 0 Å². The van der Waals surface area contributed by atoms with Gasteiger partial charge in [-0.05, 0) is 37.0 Å².